The number of carbonyl (C=O) groups excluding carboxylic acids is 1. The largest absolute Gasteiger partial charge is 0.386 e. The second-order valence-electron chi connectivity index (χ2n) is 7.23. The maximum absolute atomic E-state index is 12.0. The van der Waals surface area contributed by atoms with Crippen molar-refractivity contribution in [3.8, 4) is 0 Å². The van der Waals surface area contributed by atoms with Crippen LogP contribution in [-0.4, -0.2) is 48.4 Å². The average Bonchev–Trinajstić information content (AvgIpc) is 3.04. The summed E-state index contributed by atoms with van der Waals surface area (Å²) in [5.41, 5.74) is 2.58. The summed E-state index contributed by atoms with van der Waals surface area (Å²) < 4.78 is 5.16. The molecule has 0 spiro atoms. The van der Waals surface area contributed by atoms with E-state index in [1.807, 2.05) is 30.3 Å². The number of β-amino-alcohol motifs (C(OH)–C–C–N with tert-alkyl or cyclic N) is 1. The van der Waals surface area contributed by atoms with Gasteiger partial charge in [0.15, 0.2) is 0 Å². The number of aromatic nitrogens is 1. The molecule has 0 aliphatic carbocycles. The summed E-state index contributed by atoms with van der Waals surface area (Å²) in [4.78, 5) is 18.7. The van der Waals surface area contributed by atoms with Gasteiger partial charge >= 0.3 is 0 Å². The molecule has 7 nitrogen and oxygen atoms in total. The summed E-state index contributed by atoms with van der Waals surface area (Å²) in [6.45, 7) is 2.31. The van der Waals surface area contributed by atoms with Gasteiger partial charge in [0.25, 0.3) is 5.91 Å². The fraction of sp³-hybridized carbons (Fsp3) is 0.400. The van der Waals surface area contributed by atoms with E-state index < -0.39 is 5.60 Å². The fourth-order valence-corrected chi connectivity index (χ4v) is 3.89. The average molecular weight is 368 g/mol. The van der Waals surface area contributed by atoms with Crippen LogP contribution in [0.5, 0.6) is 0 Å². The van der Waals surface area contributed by atoms with Crippen LogP contribution in [-0.2, 0) is 11.3 Å². The summed E-state index contributed by atoms with van der Waals surface area (Å²) in [6.07, 6.45) is 3.45. The Kier molecular flexibility index (Phi) is 4.72. The number of rotatable bonds is 5. The number of pyridine rings is 1. The van der Waals surface area contributed by atoms with E-state index in [-0.39, 0.29) is 5.91 Å². The molecule has 1 amide bonds. The number of nitrogens with one attached hydrogen (secondary N) is 2. The molecule has 3 N–H and O–H groups in total. The number of ether oxygens (including phenoxy) is 1. The minimum atomic E-state index is -0.818. The van der Waals surface area contributed by atoms with Gasteiger partial charge in [-0.2, -0.15) is 0 Å². The van der Waals surface area contributed by atoms with Crippen LogP contribution in [0.25, 0.3) is 0 Å². The zero-order valence-electron chi connectivity index (χ0n) is 15.4. The lowest BCUT2D eigenvalue weighted by Gasteiger charge is -2.39. The normalized spacial score (nSPS) is 21.7. The monoisotopic (exact) mass is 368 g/mol. The van der Waals surface area contributed by atoms with Crippen LogP contribution in [0.2, 0.25) is 0 Å². The quantitative estimate of drug-likeness (QED) is 0.749. The van der Waals surface area contributed by atoms with Gasteiger partial charge in [-0.3, -0.25) is 4.79 Å². The first-order chi connectivity index (χ1) is 13.1. The first-order valence-corrected chi connectivity index (χ1v) is 9.17. The van der Waals surface area contributed by atoms with E-state index in [0.717, 1.165) is 36.3 Å². The zero-order chi connectivity index (χ0) is 18.9. The summed E-state index contributed by atoms with van der Waals surface area (Å²) in [5, 5.41) is 16.7. The third-order valence-electron chi connectivity index (χ3n) is 5.16. The summed E-state index contributed by atoms with van der Waals surface area (Å²) in [7, 11) is 1.61. The number of aliphatic hydroxyl groups is 1. The van der Waals surface area contributed by atoms with Gasteiger partial charge in [0.2, 0.25) is 0 Å². The van der Waals surface area contributed by atoms with Crippen molar-refractivity contribution in [2.75, 3.05) is 37.0 Å². The van der Waals surface area contributed by atoms with Crippen LogP contribution in [0.15, 0.2) is 36.5 Å². The molecule has 142 valence electrons. The number of fused-ring (bicyclic) bond motifs is 1. The van der Waals surface area contributed by atoms with Gasteiger partial charge in [0.05, 0.1) is 29.7 Å². The minimum absolute atomic E-state index is 0.0598. The van der Waals surface area contributed by atoms with Crippen molar-refractivity contribution in [2.24, 2.45) is 0 Å². The lowest BCUT2D eigenvalue weighted by atomic mass is 9.93. The van der Waals surface area contributed by atoms with Crippen LogP contribution in [0.1, 0.15) is 28.8 Å². The topological polar surface area (TPSA) is 86.7 Å². The maximum Gasteiger partial charge on any atom is 0.254 e. The third kappa shape index (κ3) is 3.61. The van der Waals surface area contributed by atoms with Crippen LogP contribution >= 0.6 is 0 Å². The number of piperidine rings is 1. The zero-order valence-corrected chi connectivity index (χ0v) is 15.4. The first-order valence-electron chi connectivity index (χ1n) is 9.17. The van der Waals surface area contributed by atoms with Gasteiger partial charge in [-0.15, -0.1) is 0 Å². The Morgan fingerprint density at radius 1 is 1.37 bits per heavy atom. The van der Waals surface area contributed by atoms with Gasteiger partial charge in [-0.1, -0.05) is 12.1 Å². The molecule has 2 aliphatic rings. The Bertz CT molecular complexity index is 836. The van der Waals surface area contributed by atoms with Crippen LogP contribution in [0.4, 0.5) is 17.2 Å². The molecular weight excluding hydrogens is 344 g/mol. The molecule has 0 bridgehead atoms. The molecular formula is C20H24N4O3. The Labute approximate surface area is 158 Å². The Morgan fingerprint density at radius 2 is 2.26 bits per heavy atom. The molecule has 0 saturated carbocycles. The number of carbonyl (C=O) groups is 1. The number of anilines is 3. The molecule has 4 rings (SSSR count). The number of nitrogens with zero attached hydrogens (tertiary/aromatic N) is 2. The molecule has 1 aromatic carbocycles. The Hall–Kier alpha value is -2.64. The predicted octanol–water partition coefficient (Wildman–Crippen LogP) is 2.05. The molecule has 1 saturated heterocycles. The molecule has 2 aliphatic heterocycles. The predicted molar refractivity (Wildman–Crippen MR) is 103 cm³/mol. The molecule has 1 fully saturated rings. The SMILES string of the molecule is COCC1(O)CCCN(c2ccc(Nc3cccc4c3C(=O)NC4)nc2)C1. The second kappa shape index (κ2) is 7.17. The molecule has 7 heteroatoms. The highest BCUT2D eigenvalue weighted by molar-refractivity contribution is 6.04. The van der Waals surface area contributed by atoms with E-state index in [0.29, 0.717) is 31.1 Å². The smallest absolute Gasteiger partial charge is 0.254 e. The van der Waals surface area contributed by atoms with Gasteiger partial charge in [0.1, 0.15) is 11.4 Å². The van der Waals surface area contributed by atoms with Crippen molar-refractivity contribution in [3.05, 3.63) is 47.7 Å². The van der Waals surface area contributed by atoms with Crippen LogP contribution in [0.3, 0.4) is 0 Å². The lowest BCUT2D eigenvalue weighted by Crippen LogP contribution is -2.51. The maximum atomic E-state index is 12.0. The van der Waals surface area contributed by atoms with Crippen molar-refractivity contribution >= 4 is 23.1 Å². The fourth-order valence-electron chi connectivity index (χ4n) is 3.89. The van der Waals surface area contributed by atoms with Gasteiger partial charge < -0.3 is 25.4 Å². The second-order valence-corrected chi connectivity index (χ2v) is 7.23. The highest BCUT2D eigenvalue weighted by Gasteiger charge is 2.33. The van der Waals surface area contributed by atoms with Crippen molar-refractivity contribution < 1.29 is 14.6 Å². The minimum Gasteiger partial charge on any atom is -0.386 e. The van der Waals surface area contributed by atoms with Crippen molar-refractivity contribution in [1.82, 2.24) is 10.3 Å². The van der Waals surface area contributed by atoms with Gasteiger partial charge in [-0.05, 0) is 36.6 Å². The third-order valence-corrected chi connectivity index (χ3v) is 5.16. The summed E-state index contributed by atoms with van der Waals surface area (Å²) >= 11 is 0. The highest BCUT2D eigenvalue weighted by Crippen LogP contribution is 2.29. The van der Waals surface area contributed by atoms with Crippen molar-refractivity contribution in [3.63, 3.8) is 0 Å². The highest BCUT2D eigenvalue weighted by atomic mass is 16.5. The van der Waals surface area contributed by atoms with Crippen molar-refractivity contribution in [2.45, 2.75) is 25.0 Å². The number of hydrogen-bond donors (Lipinski definition) is 3. The number of methoxy groups -OCH3 is 1. The van der Waals surface area contributed by atoms with E-state index >= 15 is 0 Å². The molecule has 1 unspecified atom stereocenters. The number of amides is 1. The van der Waals surface area contributed by atoms with E-state index in [2.05, 4.69) is 20.5 Å². The Balaban J connectivity index is 1.49. The van der Waals surface area contributed by atoms with E-state index in [1.165, 1.54) is 0 Å². The number of hydrogen-bond acceptors (Lipinski definition) is 6. The van der Waals surface area contributed by atoms with Gasteiger partial charge in [0, 0.05) is 26.7 Å². The first kappa shape index (κ1) is 17.8. The van der Waals surface area contributed by atoms with Crippen molar-refractivity contribution in [1.29, 1.82) is 0 Å². The molecule has 1 aromatic heterocycles. The molecule has 0 radical (unpaired) electrons. The standard InChI is InChI=1S/C20H24N4O3/c1-27-13-20(26)8-3-9-24(12-20)15-6-7-17(21-11-15)23-16-5-2-4-14-10-22-19(25)18(14)16/h2,4-7,11,26H,3,8-10,12-13H2,1H3,(H,21,23)(H,22,25). The number of benzene rings is 1. The van der Waals surface area contributed by atoms with E-state index in [4.69, 9.17) is 4.74 Å². The molecule has 27 heavy (non-hydrogen) atoms. The summed E-state index contributed by atoms with van der Waals surface area (Å²) in [5.74, 6) is 0.617. The van der Waals surface area contributed by atoms with Crippen LogP contribution in [0, 0.1) is 0 Å². The van der Waals surface area contributed by atoms with E-state index in [9.17, 15) is 9.90 Å². The molecule has 3 heterocycles. The van der Waals surface area contributed by atoms with Gasteiger partial charge in [-0.25, -0.2) is 4.98 Å². The summed E-state index contributed by atoms with van der Waals surface area (Å²) in [6, 6.07) is 9.64. The molecule has 2 aromatic rings. The Morgan fingerprint density at radius 3 is 3.04 bits per heavy atom. The molecule has 1 atom stereocenters. The van der Waals surface area contributed by atoms with E-state index in [1.54, 1.807) is 13.3 Å². The van der Waals surface area contributed by atoms with Crippen LogP contribution < -0.4 is 15.5 Å². The lowest BCUT2D eigenvalue weighted by molar-refractivity contribution is -0.0393.